The van der Waals surface area contributed by atoms with E-state index in [4.69, 9.17) is 21.6 Å². The molecule has 2 aromatic heterocycles. The van der Waals surface area contributed by atoms with Gasteiger partial charge in [-0.3, -0.25) is 96.8 Å². The van der Waals surface area contributed by atoms with E-state index in [9.17, 15) is 67.4 Å². The fourth-order valence-corrected chi connectivity index (χ4v) is 16.7. The van der Waals surface area contributed by atoms with Crippen LogP contribution in [0.4, 0.5) is 5.69 Å². The minimum Gasteiger partial charge on any atom is -0.481 e. The van der Waals surface area contributed by atoms with Gasteiger partial charge in [-0.05, 0) is 108 Å². The van der Waals surface area contributed by atoms with E-state index in [1.54, 1.807) is 114 Å². The van der Waals surface area contributed by atoms with Crippen LogP contribution in [0.15, 0.2) is 140 Å². The highest BCUT2D eigenvalue weighted by atomic mass is 32.2. The fraction of sp³-hybridized carbons (Fsp3) is 0.474. The molecule has 3 aliphatic rings. The summed E-state index contributed by atoms with van der Waals surface area (Å²) in [5.74, 6) is -18.7. The van der Waals surface area contributed by atoms with Crippen LogP contribution in [0.1, 0.15) is 116 Å². The Morgan fingerprint density at radius 2 is 1.10 bits per heavy atom. The van der Waals surface area contributed by atoms with E-state index in [1.165, 1.54) is 43.5 Å². The van der Waals surface area contributed by atoms with Crippen molar-refractivity contribution < 1.29 is 91.4 Å². The minimum atomic E-state index is -2.02. The van der Waals surface area contributed by atoms with Gasteiger partial charge >= 0.3 is 5.97 Å². The summed E-state index contributed by atoms with van der Waals surface area (Å²) in [6.07, 6.45) is 2.19. The van der Waals surface area contributed by atoms with Crippen LogP contribution in [0.25, 0.3) is 22.3 Å². The molecule has 9 rings (SSSR count). The predicted molar refractivity (Wildman–Crippen MR) is 511 cm³/mol. The zero-order chi connectivity index (χ0) is 100. The number of nitrogens with zero attached hydrogens (tertiary/aromatic N) is 5. The molecule has 3 saturated heterocycles. The van der Waals surface area contributed by atoms with Gasteiger partial charge in [0.2, 0.25) is 94.5 Å². The lowest BCUT2D eigenvalue weighted by atomic mass is 9.96. The van der Waals surface area contributed by atoms with Crippen molar-refractivity contribution in [1.82, 2.24) is 98.8 Å². The third-order valence-electron chi connectivity index (χ3n) is 23.4. The second-order valence-corrected chi connectivity index (χ2v) is 36.2. The average Bonchev–Trinajstić information content (AvgIpc) is 1.54. The predicted octanol–water partition coefficient (Wildman–Crippen LogP) is -0.683. The maximum atomic E-state index is 15.7. The third-order valence-corrected chi connectivity index (χ3v) is 24.5. The number of nitrogens with two attached hydrogens (primary N) is 2. The maximum absolute atomic E-state index is 15.7. The number of carbonyl (C=O) groups is 17. The van der Waals surface area contributed by atoms with Crippen molar-refractivity contribution >= 4 is 124 Å². The zero-order valence-corrected chi connectivity index (χ0v) is 79.4. The van der Waals surface area contributed by atoms with Crippen molar-refractivity contribution in [3.8, 4) is 22.3 Å². The van der Waals surface area contributed by atoms with Crippen molar-refractivity contribution in [3.05, 3.63) is 163 Å². The van der Waals surface area contributed by atoms with E-state index in [0.29, 0.717) is 35.5 Å². The summed E-state index contributed by atoms with van der Waals surface area (Å²) in [4.78, 5) is 263. The number of morpholine rings is 1. The summed E-state index contributed by atoms with van der Waals surface area (Å²) in [6, 6.07) is 16.5. The number of hydrogen-bond acceptors (Lipinski definition) is 23. The molecule has 21 N–H and O–H groups in total. The number of carboxylic acids is 1. The number of H-pyrrole nitrogens is 1. The topological polar surface area (TPSA) is 615 Å². The number of aliphatic carboxylic acids is 1. The van der Waals surface area contributed by atoms with Crippen LogP contribution in [0.5, 0.6) is 0 Å². The Balaban J connectivity index is 1.11. The summed E-state index contributed by atoms with van der Waals surface area (Å²) in [7, 11) is 1.25. The Labute approximate surface area is 803 Å². The molecule has 13 atom stereocenters. The van der Waals surface area contributed by atoms with Crippen LogP contribution in [0.3, 0.4) is 0 Å². The summed E-state index contributed by atoms with van der Waals surface area (Å²) < 4.78 is 5.65. The highest BCUT2D eigenvalue weighted by molar-refractivity contribution is 8.00. The van der Waals surface area contributed by atoms with E-state index >= 15 is 19.2 Å². The average molecular weight is 1930 g/mol. The van der Waals surface area contributed by atoms with Gasteiger partial charge in [0.15, 0.2) is 5.96 Å². The molecular weight excluding hydrogens is 1800 g/mol. The number of ether oxygens (including phenoxy) is 1. The summed E-state index contributed by atoms with van der Waals surface area (Å²) >= 11 is 0.826. The van der Waals surface area contributed by atoms with Crippen molar-refractivity contribution in [3.63, 3.8) is 0 Å². The van der Waals surface area contributed by atoms with Gasteiger partial charge in [-0.15, -0.1) is 11.8 Å². The molecule has 742 valence electrons. The van der Waals surface area contributed by atoms with E-state index in [0.717, 1.165) is 33.4 Å². The number of hydrogen-bond donors (Lipinski definition) is 19. The summed E-state index contributed by atoms with van der Waals surface area (Å²) in [5.41, 5.74) is 15.9. The smallest absolute Gasteiger partial charge is 0.305 e. The number of nitrogens with one attached hydrogen (secondary N) is 16. The van der Waals surface area contributed by atoms with Crippen LogP contribution in [-0.4, -0.2) is 291 Å². The quantitative estimate of drug-likeness (QED) is 0.0172. The fourth-order valence-electron chi connectivity index (χ4n) is 15.9. The highest BCUT2D eigenvalue weighted by Crippen LogP contribution is 2.27. The van der Waals surface area contributed by atoms with Gasteiger partial charge in [0.05, 0.1) is 38.5 Å². The molecule has 0 spiro atoms. The van der Waals surface area contributed by atoms with Gasteiger partial charge in [-0.2, -0.15) is 0 Å². The number of likely N-dealkylation sites (N-methyl/N-ethyl adjacent to an activating group) is 1. The Morgan fingerprint density at radius 3 is 1.69 bits per heavy atom. The number of amides is 16. The molecule has 6 aromatic rings. The Morgan fingerprint density at radius 1 is 0.558 bits per heavy atom. The summed E-state index contributed by atoms with van der Waals surface area (Å²) in [5, 5.41) is 55.7. The normalized spacial score (nSPS) is 22.9. The lowest BCUT2D eigenvalue weighted by Crippen LogP contribution is -2.62. The molecule has 138 heavy (non-hydrogen) atoms. The lowest BCUT2D eigenvalue weighted by Gasteiger charge is -2.33. The first kappa shape index (κ1) is 107. The number of carboxylic acid groups (broad SMARTS) is 1. The second-order valence-electron chi connectivity index (χ2n) is 35.2. The van der Waals surface area contributed by atoms with Gasteiger partial charge in [0.25, 0.3) is 0 Å². The largest absolute Gasteiger partial charge is 0.481 e. The molecule has 0 unspecified atom stereocenters. The summed E-state index contributed by atoms with van der Waals surface area (Å²) in [6.45, 7) is 10.8. The van der Waals surface area contributed by atoms with Crippen molar-refractivity contribution in [2.45, 2.75) is 192 Å². The van der Waals surface area contributed by atoms with Crippen LogP contribution in [-0.2, 0) is 112 Å². The highest BCUT2D eigenvalue weighted by Gasteiger charge is 2.44. The molecule has 0 radical (unpaired) electrons. The Bertz CT molecular complexity index is 5210. The standard InChI is InChI=1S/C95H127N23O19S/c1-9-56(6)82-92(134)111-70(47-77-100-36-37-101-77)88(130)108-67(43-54(2)3)85(127)113-74(83(125)103-49-76(96)120)52-138-53-79(122)106-73(50-117-39-41-137-42-40-117)90(132)109-68(44-58-22-26-61(27-23-58)60-17-11-10-12-18-60)86(128)112-72(45-59-24-28-62(29-25-59)63-30-32-64(33-31-63)104-57(7)119)93(135)116(8)51-78(121)105-69(46-65-19-13-14-34-99-65)87(129)110-71(48-80(123)124)89(131)107-66(20-15-35-102-95(97)98)84(126)114-81(55(4)5)94(136)118-38-16-21-75(118)91(133)115-82/h10-14,17-19,22-34,36-37,54-56,66-75,81-82H,9,15-16,20-21,35,38-53H2,1-8H3,(H2,96,120)(H,100,101)(H,103,125)(H,104,119)(H,105,121)(H,106,122)(H,107,131)(H,108,130)(H,109,132)(H,110,129)(H,111,134)(H,112,128)(H,113,127)(H,114,126)(H,115,133)(H,123,124)(H4,97,98,102)/t56-,66+,67-,68-,69-,70-,71-,72-,73-,74-,75-,81-,82-/m0/s1. The number of carbonyl (C=O) groups excluding carboxylic acids is 16. The number of rotatable bonds is 27. The van der Waals surface area contributed by atoms with Gasteiger partial charge in [-0.1, -0.05) is 145 Å². The third kappa shape index (κ3) is 33.9. The molecule has 0 saturated carbocycles. The number of fused-ring (bicyclic) bond motifs is 1. The van der Waals surface area contributed by atoms with E-state index < -0.39 is 217 Å². The minimum absolute atomic E-state index is 0.00311. The molecule has 3 fully saturated rings. The first-order valence-corrected chi connectivity index (χ1v) is 47.1. The van der Waals surface area contributed by atoms with Gasteiger partial charge in [0, 0.05) is 108 Å². The van der Waals surface area contributed by atoms with Crippen LogP contribution < -0.4 is 85.9 Å². The van der Waals surface area contributed by atoms with Crippen LogP contribution in [0.2, 0.25) is 0 Å². The number of pyridine rings is 1. The van der Waals surface area contributed by atoms with Gasteiger partial charge < -0.3 is 111 Å². The van der Waals surface area contributed by atoms with Gasteiger partial charge in [0.1, 0.15) is 78.3 Å². The number of guanidine groups is 1. The molecule has 4 aromatic carbocycles. The number of primary amides is 1. The molecule has 0 bridgehead atoms. The monoisotopic (exact) mass is 1930 g/mol. The number of benzene rings is 4. The molecule has 3 aliphatic heterocycles. The van der Waals surface area contributed by atoms with E-state index in [1.807, 2.05) is 47.4 Å². The number of thioether (sulfide) groups is 1. The first-order chi connectivity index (χ1) is 65.9. The van der Waals surface area contributed by atoms with E-state index in [-0.39, 0.29) is 120 Å². The number of aromatic amines is 1. The maximum Gasteiger partial charge on any atom is 0.305 e. The first-order valence-electron chi connectivity index (χ1n) is 46.0. The van der Waals surface area contributed by atoms with Crippen molar-refractivity contribution in [2.24, 2.45) is 29.2 Å². The second kappa shape index (κ2) is 53.3. The number of imidazole rings is 1. The molecule has 43 heteroatoms. The van der Waals surface area contributed by atoms with Crippen LogP contribution >= 0.6 is 11.8 Å². The SMILES string of the molecule is CC[C@H](C)[C@@H]1NC(=O)[C@@H]2CCCN2C(=O)[C@H](C(C)C)NC(=O)[C@@H](CCCNC(=N)N)NC(=O)[C@H](CC(=O)O)NC(=O)[C@H](Cc2ccccn2)NC(=O)CN(C)C(=O)[C@H](Cc2ccc(-c3ccc(NC(C)=O)cc3)cc2)NC(=O)[C@H](Cc2ccc(-c3ccccc3)cc2)NC(=O)[C@H](CN2CCOCC2)NC(=O)CSC[C@@H](C(=O)NCC(N)=O)NC(=O)[C@H](CC(C)C)NC(=O)[C@H](Cc2ncc[nH]2)NC1=O. The lowest BCUT2D eigenvalue weighted by molar-refractivity contribution is -0.144. The number of aromatic nitrogens is 3. The van der Waals surface area contributed by atoms with Crippen LogP contribution in [0, 0.1) is 23.2 Å². The zero-order valence-electron chi connectivity index (χ0n) is 78.6. The Hall–Kier alpha value is -14.2. The van der Waals surface area contributed by atoms with Gasteiger partial charge in [-0.25, -0.2) is 4.98 Å². The van der Waals surface area contributed by atoms with E-state index in [2.05, 4.69) is 89.4 Å². The van der Waals surface area contributed by atoms with Crippen molar-refractivity contribution in [1.29, 1.82) is 5.41 Å². The number of anilines is 1. The molecular formula is C95H127N23O19S. The molecule has 5 heterocycles. The molecule has 0 aliphatic carbocycles. The van der Waals surface area contributed by atoms with Crippen molar-refractivity contribution in [2.75, 3.05) is 82.9 Å². The molecule has 16 amide bonds. The Kier molecular flexibility index (Phi) is 41.5. The molecule has 42 nitrogen and oxygen atoms in total.